The summed E-state index contributed by atoms with van der Waals surface area (Å²) in [7, 11) is 0. The molecule has 0 amide bonds. The summed E-state index contributed by atoms with van der Waals surface area (Å²) < 4.78 is 27.8. The molecule has 2 aromatic rings. The summed E-state index contributed by atoms with van der Waals surface area (Å²) >= 11 is 0. The lowest BCUT2D eigenvalue weighted by Crippen LogP contribution is -2.52. The van der Waals surface area contributed by atoms with Crippen LogP contribution in [0.25, 0.3) is 0 Å². The lowest BCUT2D eigenvalue weighted by atomic mass is 9.94. The Hall–Kier alpha value is -2.86. The predicted molar refractivity (Wildman–Crippen MR) is 118 cm³/mol. The molecule has 0 aromatic carbocycles. The summed E-state index contributed by atoms with van der Waals surface area (Å²) in [6.45, 7) is 4.00. The van der Waals surface area contributed by atoms with Crippen LogP contribution >= 0.6 is 0 Å². The van der Waals surface area contributed by atoms with Crippen LogP contribution in [0.5, 0.6) is 0 Å². The van der Waals surface area contributed by atoms with E-state index in [1.165, 1.54) is 26.2 Å². The first-order chi connectivity index (χ1) is 15.0. The fraction of sp³-hybridized carbons (Fsp3) is 0.600. The molecular formula is C20H30F2N8O2. The molecule has 0 spiro atoms. The van der Waals surface area contributed by atoms with Crippen LogP contribution in [0, 0.1) is 0 Å². The molecule has 2 saturated heterocycles. The highest BCUT2D eigenvalue weighted by Gasteiger charge is 2.40. The van der Waals surface area contributed by atoms with Crippen LogP contribution < -0.4 is 21.3 Å². The Balaban J connectivity index is 0.000000181. The van der Waals surface area contributed by atoms with Crippen LogP contribution in [-0.2, 0) is 0 Å². The SMILES string of the molecule is C[C@@]1(F)CN(c2nccc(N)n2)CC[C@@H]1O.C[C@]1(F)CN(c2nccc(N)n2)CC[C@@H]1O. The van der Waals surface area contributed by atoms with Crippen molar-refractivity contribution in [3.8, 4) is 0 Å². The van der Waals surface area contributed by atoms with E-state index in [9.17, 15) is 19.0 Å². The Morgan fingerprint density at radius 2 is 1.22 bits per heavy atom. The highest BCUT2D eigenvalue weighted by Crippen LogP contribution is 2.28. The van der Waals surface area contributed by atoms with E-state index in [0.29, 0.717) is 49.5 Å². The number of aliphatic hydroxyl groups is 2. The van der Waals surface area contributed by atoms with Crippen molar-refractivity contribution >= 4 is 23.5 Å². The van der Waals surface area contributed by atoms with Crippen molar-refractivity contribution in [1.82, 2.24) is 19.9 Å². The van der Waals surface area contributed by atoms with E-state index in [-0.39, 0.29) is 13.1 Å². The van der Waals surface area contributed by atoms with Crippen LogP contribution in [0.15, 0.2) is 24.5 Å². The summed E-state index contributed by atoms with van der Waals surface area (Å²) in [5, 5.41) is 19.0. The van der Waals surface area contributed by atoms with Crippen molar-refractivity contribution in [2.45, 2.75) is 50.2 Å². The molecule has 2 fully saturated rings. The van der Waals surface area contributed by atoms with Crippen LogP contribution in [0.1, 0.15) is 26.7 Å². The number of nitrogens with zero attached hydrogens (tertiary/aromatic N) is 6. The largest absolute Gasteiger partial charge is 0.390 e. The fourth-order valence-corrected chi connectivity index (χ4v) is 3.64. The molecule has 0 bridgehead atoms. The number of nitrogen functional groups attached to an aromatic ring is 2. The third kappa shape index (κ3) is 5.68. The van der Waals surface area contributed by atoms with Gasteiger partial charge in [-0.3, -0.25) is 0 Å². The predicted octanol–water partition coefficient (Wildman–Crippen LogP) is 0.716. The first-order valence-corrected chi connectivity index (χ1v) is 10.4. The van der Waals surface area contributed by atoms with Gasteiger partial charge in [-0.25, -0.2) is 18.7 Å². The van der Waals surface area contributed by atoms with Gasteiger partial charge in [0.15, 0.2) is 11.3 Å². The molecule has 2 aromatic heterocycles. The molecule has 2 aliphatic rings. The summed E-state index contributed by atoms with van der Waals surface area (Å²) in [4.78, 5) is 19.5. The monoisotopic (exact) mass is 452 g/mol. The maximum Gasteiger partial charge on any atom is 0.227 e. The molecule has 0 radical (unpaired) electrons. The number of hydrogen-bond donors (Lipinski definition) is 4. The number of anilines is 4. The van der Waals surface area contributed by atoms with Gasteiger partial charge in [0.1, 0.15) is 11.6 Å². The number of alkyl halides is 2. The number of rotatable bonds is 2. The zero-order valence-corrected chi connectivity index (χ0v) is 18.2. The van der Waals surface area contributed by atoms with Crippen LogP contribution in [0.3, 0.4) is 0 Å². The summed E-state index contributed by atoms with van der Waals surface area (Å²) in [6.07, 6.45) is 1.96. The highest BCUT2D eigenvalue weighted by molar-refractivity contribution is 5.39. The second-order valence-electron chi connectivity index (χ2n) is 8.57. The van der Waals surface area contributed by atoms with Gasteiger partial charge < -0.3 is 31.5 Å². The van der Waals surface area contributed by atoms with Gasteiger partial charge in [0.05, 0.1) is 25.3 Å². The number of aliphatic hydroxyl groups excluding tert-OH is 2. The Morgan fingerprint density at radius 3 is 1.53 bits per heavy atom. The number of aromatic nitrogens is 4. The second kappa shape index (κ2) is 9.33. The summed E-state index contributed by atoms with van der Waals surface area (Å²) in [5.41, 5.74) is 7.81. The third-order valence-corrected chi connectivity index (χ3v) is 5.63. The van der Waals surface area contributed by atoms with E-state index in [4.69, 9.17) is 11.5 Å². The lowest BCUT2D eigenvalue weighted by Gasteiger charge is -2.38. The Labute approximate surface area is 185 Å². The Kier molecular flexibility index (Phi) is 6.94. The molecular weight excluding hydrogens is 422 g/mol. The maximum atomic E-state index is 13.9. The van der Waals surface area contributed by atoms with Crippen molar-refractivity contribution in [2.24, 2.45) is 0 Å². The van der Waals surface area contributed by atoms with E-state index in [2.05, 4.69) is 19.9 Å². The van der Waals surface area contributed by atoms with E-state index in [1.54, 1.807) is 21.9 Å². The zero-order valence-electron chi connectivity index (χ0n) is 18.2. The zero-order chi connectivity index (χ0) is 23.5. The summed E-state index contributed by atoms with van der Waals surface area (Å²) in [5.74, 6) is 1.54. The van der Waals surface area contributed by atoms with Gasteiger partial charge in [-0.1, -0.05) is 0 Å². The van der Waals surface area contributed by atoms with E-state index < -0.39 is 23.5 Å². The minimum Gasteiger partial charge on any atom is -0.390 e. The van der Waals surface area contributed by atoms with Gasteiger partial charge in [0.2, 0.25) is 11.9 Å². The molecule has 176 valence electrons. The number of piperidine rings is 2. The highest BCUT2D eigenvalue weighted by atomic mass is 19.1. The van der Waals surface area contributed by atoms with E-state index in [0.717, 1.165) is 0 Å². The number of hydrogen-bond acceptors (Lipinski definition) is 10. The van der Waals surface area contributed by atoms with Gasteiger partial charge in [-0.2, -0.15) is 9.97 Å². The third-order valence-electron chi connectivity index (χ3n) is 5.63. The van der Waals surface area contributed by atoms with Crippen molar-refractivity contribution in [3.63, 3.8) is 0 Å². The molecule has 0 unspecified atom stereocenters. The molecule has 32 heavy (non-hydrogen) atoms. The minimum atomic E-state index is -1.63. The molecule has 4 heterocycles. The molecule has 0 saturated carbocycles. The number of nitrogens with two attached hydrogens (primary N) is 2. The van der Waals surface area contributed by atoms with Crippen molar-refractivity contribution < 1.29 is 19.0 Å². The normalized spacial score (nSPS) is 30.4. The molecule has 4 atom stereocenters. The molecule has 0 aliphatic carbocycles. The topological polar surface area (TPSA) is 151 Å². The van der Waals surface area contributed by atoms with Gasteiger partial charge in [0.25, 0.3) is 0 Å². The van der Waals surface area contributed by atoms with Gasteiger partial charge in [-0.05, 0) is 38.8 Å². The smallest absolute Gasteiger partial charge is 0.227 e. The Morgan fingerprint density at radius 1 is 0.844 bits per heavy atom. The minimum absolute atomic E-state index is 0.0810. The van der Waals surface area contributed by atoms with Crippen LogP contribution in [0.4, 0.5) is 32.3 Å². The molecule has 10 nitrogen and oxygen atoms in total. The standard InChI is InChI=1S/2C10H15FN4O/c2*1-10(11)6-15(5-3-7(10)16)9-13-4-2-8(12)14-9/h2*2,4,7,16H,3,5-6H2,1H3,(H2,12,13,14)/t7-,10+;7-,10-/m00/s1. The quantitative estimate of drug-likeness (QED) is 0.513. The van der Waals surface area contributed by atoms with E-state index in [1.807, 2.05) is 0 Å². The first-order valence-electron chi connectivity index (χ1n) is 10.4. The van der Waals surface area contributed by atoms with E-state index >= 15 is 0 Å². The average Bonchev–Trinajstić information content (AvgIpc) is 2.72. The lowest BCUT2D eigenvalue weighted by molar-refractivity contribution is -0.00860. The van der Waals surface area contributed by atoms with Crippen molar-refractivity contribution in [1.29, 1.82) is 0 Å². The molecule has 2 aliphatic heterocycles. The molecule has 4 rings (SSSR count). The second-order valence-corrected chi connectivity index (χ2v) is 8.57. The van der Waals surface area contributed by atoms with Crippen LogP contribution in [-0.4, -0.2) is 79.9 Å². The summed E-state index contributed by atoms with van der Waals surface area (Å²) in [6, 6.07) is 3.16. The average molecular weight is 453 g/mol. The van der Waals surface area contributed by atoms with Gasteiger partial charge in [0, 0.05) is 25.5 Å². The van der Waals surface area contributed by atoms with Crippen molar-refractivity contribution in [2.75, 3.05) is 47.4 Å². The molecule has 12 heteroatoms. The Bertz CT molecular complexity index is 843. The maximum absolute atomic E-state index is 13.9. The molecule has 6 N–H and O–H groups in total. The van der Waals surface area contributed by atoms with Gasteiger partial charge >= 0.3 is 0 Å². The van der Waals surface area contributed by atoms with Crippen LogP contribution in [0.2, 0.25) is 0 Å². The first kappa shape index (κ1) is 23.8. The fourth-order valence-electron chi connectivity index (χ4n) is 3.64. The van der Waals surface area contributed by atoms with Crippen molar-refractivity contribution in [3.05, 3.63) is 24.5 Å². The number of halogens is 2. The van der Waals surface area contributed by atoms with Gasteiger partial charge in [-0.15, -0.1) is 0 Å².